The maximum Gasteiger partial charge on any atom is 0.271 e. The van der Waals surface area contributed by atoms with Crippen LogP contribution in [0.2, 0.25) is 5.02 Å². The summed E-state index contributed by atoms with van der Waals surface area (Å²) in [7, 11) is 1.59. The first-order valence-electron chi connectivity index (χ1n) is 8.52. The zero-order valence-electron chi connectivity index (χ0n) is 15.7. The van der Waals surface area contributed by atoms with Gasteiger partial charge in [0.05, 0.1) is 18.3 Å². The minimum absolute atomic E-state index is 0.270. The highest BCUT2D eigenvalue weighted by Gasteiger charge is 2.11. The van der Waals surface area contributed by atoms with Crippen LogP contribution in [-0.2, 0) is 0 Å². The van der Waals surface area contributed by atoms with Crippen molar-refractivity contribution in [3.8, 4) is 11.4 Å². The number of hydrogen-bond donors (Lipinski definition) is 1. The highest BCUT2D eigenvalue weighted by atomic mass is 79.9. The zero-order chi connectivity index (χ0) is 20.3. The Labute approximate surface area is 177 Å². The molecule has 3 aromatic rings. The Bertz CT molecular complexity index is 1060. The molecule has 5 nitrogen and oxygen atoms in total. The van der Waals surface area contributed by atoms with Gasteiger partial charge < -0.3 is 9.30 Å². The van der Waals surface area contributed by atoms with E-state index in [4.69, 9.17) is 16.3 Å². The molecular formula is C21H19BrClN3O2. The second kappa shape index (κ2) is 8.63. The Morgan fingerprint density at radius 2 is 2.00 bits per heavy atom. The molecule has 0 unspecified atom stereocenters. The predicted octanol–water partition coefficient (Wildman–Crippen LogP) is 5.28. The summed E-state index contributed by atoms with van der Waals surface area (Å²) >= 11 is 9.62. The molecule has 0 saturated carbocycles. The predicted molar refractivity (Wildman–Crippen MR) is 116 cm³/mol. The number of nitrogens with one attached hydrogen (secondary N) is 1. The van der Waals surface area contributed by atoms with Crippen molar-refractivity contribution >= 4 is 39.7 Å². The zero-order valence-corrected chi connectivity index (χ0v) is 18.0. The van der Waals surface area contributed by atoms with Gasteiger partial charge in [0.25, 0.3) is 5.91 Å². The van der Waals surface area contributed by atoms with Crippen molar-refractivity contribution < 1.29 is 9.53 Å². The Balaban J connectivity index is 1.81. The molecule has 0 bridgehead atoms. The molecule has 0 aliphatic carbocycles. The molecule has 144 valence electrons. The summed E-state index contributed by atoms with van der Waals surface area (Å²) in [5.41, 5.74) is 6.93. The maximum atomic E-state index is 12.2. The monoisotopic (exact) mass is 459 g/mol. The Morgan fingerprint density at radius 3 is 2.68 bits per heavy atom. The highest BCUT2D eigenvalue weighted by Crippen LogP contribution is 2.28. The number of carbonyl (C=O) groups excluding carboxylic acids is 1. The molecule has 0 fully saturated rings. The second-order valence-electron chi connectivity index (χ2n) is 6.19. The van der Waals surface area contributed by atoms with E-state index in [2.05, 4.69) is 31.0 Å². The molecule has 0 saturated heterocycles. The summed E-state index contributed by atoms with van der Waals surface area (Å²) in [6.45, 7) is 3.99. The van der Waals surface area contributed by atoms with Crippen molar-refractivity contribution in [3.63, 3.8) is 0 Å². The van der Waals surface area contributed by atoms with Gasteiger partial charge in [0, 0.05) is 32.7 Å². The summed E-state index contributed by atoms with van der Waals surface area (Å²) < 4.78 is 8.13. The minimum Gasteiger partial charge on any atom is -0.495 e. The standard InChI is InChI=1S/C21H19BrClN3O2/c1-13-9-16(12-24-25-21(27)15-5-4-6-17(22)10-15)14(2)26(13)18-7-8-20(28-3)19(23)11-18/h4-12H,1-3H3,(H,25,27)/b24-12-. The lowest BCUT2D eigenvalue weighted by Gasteiger charge is -2.11. The molecule has 0 radical (unpaired) electrons. The van der Waals surface area contributed by atoms with Crippen molar-refractivity contribution in [2.24, 2.45) is 5.10 Å². The van der Waals surface area contributed by atoms with Gasteiger partial charge in [-0.05, 0) is 56.3 Å². The Kier molecular flexibility index (Phi) is 6.21. The molecule has 0 aliphatic rings. The fraction of sp³-hybridized carbons (Fsp3) is 0.143. The van der Waals surface area contributed by atoms with E-state index in [1.165, 1.54) is 0 Å². The van der Waals surface area contributed by atoms with E-state index >= 15 is 0 Å². The molecular weight excluding hydrogens is 442 g/mol. The van der Waals surface area contributed by atoms with Gasteiger partial charge in [-0.25, -0.2) is 5.43 Å². The lowest BCUT2D eigenvalue weighted by Crippen LogP contribution is -2.17. The van der Waals surface area contributed by atoms with Crippen molar-refractivity contribution in [2.45, 2.75) is 13.8 Å². The van der Waals surface area contributed by atoms with Crippen molar-refractivity contribution in [1.82, 2.24) is 9.99 Å². The number of halogens is 2. The van der Waals surface area contributed by atoms with Crippen LogP contribution in [0.5, 0.6) is 5.75 Å². The van der Waals surface area contributed by atoms with Crippen LogP contribution in [0.15, 0.2) is 58.1 Å². The van der Waals surface area contributed by atoms with Crippen LogP contribution < -0.4 is 10.2 Å². The van der Waals surface area contributed by atoms with Crippen LogP contribution in [0.4, 0.5) is 0 Å². The first-order valence-corrected chi connectivity index (χ1v) is 9.69. The molecule has 1 N–H and O–H groups in total. The average Bonchev–Trinajstić information content (AvgIpc) is 2.95. The van der Waals surface area contributed by atoms with E-state index in [1.807, 2.05) is 44.2 Å². The van der Waals surface area contributed by atoms with Gasteiger partial charge in [-0.15, -0.1) is 0 Å². The van der Waals surface area contributed by atoms with Crippen molar-refractivity contribution in [3.05, 3.63) is 80.5 Å². The second-order valence-corrected chi connectivity index (χ2v) is 7.51. The quantitative estimate of drug-likeness (QED) is 0.416. The number of carbonyl (C=O) groups is 1. The third kappa shape index (κ3) is 4.29. The number of ether oxygens (including phenoxy) is 1. The maximum absolute atomic E-state index is 12.2. The van der Waals surface area contributed by atoms with Gasteiger partial charge in [0.1, 0.15) is 5.75 Å². The fourth-order valence-corrected chi connectivity index (χ4v) is 3.62. The van der Waals surface area contributed by atoms with E-state index in [1.54, 1.807) is 31.5 Å². The number of aromatic nitrogens is 1. The van der Waals surface area contributed by atoms with Gasteiger partial charge >= 0.3 is 0 Å². The highest BCUT2D eigenvalue weighted by molar-refractivity contribution is 9.10. The lowest BCUT2D eigenvalue weighted by atomic mass is 10.2. The Hall–Kier alpha value is -2.57. The summed E-state index contributed by atoms with van der Waals surface area (Å²) in [5.74, 6) is 0.359. The average molecular weight is 461 g/mol. The molecule has 3 rings (SSSR count). The number of methoxy groups -OCH3 is 1. The van der Waals surface area contributed by atoms with Crippen LogP contribution in [0.3, 0.4) is 0 Å². The number of amides is 1. The summed E-state index contributed by atoms with van der Waals surface area (Å²) in [6.07, 6.45) is 1.64. The van der Waals surface area contributed by atoms with Crippen LogP contribution in [-0.4, -0.2) is 23.8 Å². The van der Waals surface area contributed by atoms with Gasteiger partial charge in [-0.2, -0.15) is 5.10 Å². The third-order valence-corrected chi connectivity index (χ3v) is 5.11. The fourth-order valence-electron chi connectivity index (χ4n) is 2.96. The van der Waals surface area contributed by atoms with Crippen LogP contribution in [0.25, 0.3) is 5.69 Å². The van der Waals surface area contributed by atoms with E-state index in [0.29, 0.717) is 16.3 Å². The molecule has 0 atom stereocenters. The number of rotatable bonds is 5. The summed E-state index contributed by atoms with van der Waals surface area (Å²) in [4.78, 5) is 12.2. The van der Waals surface area contributed by atoms with Gasteiger partial charge in [0.2, 0.25) is 0 Å². The van der Waals surface area contributed by atoms with Crippen molar-refractivity contribution in [2.75, 3.05) is 7.11 Å². The van der Waals surface area contributed by atoms with E-state index < -0.39 is 0 Å². The lowest BCUT2D eigenvalue weighted by molar-refractivity contribution is 0.0955. The van der Waals surface area contributed by atoms with Gasteiger partial charge in [-0.3, -0.25) is 4.79 Å². The van der Waals surface area contributed by atoms with Crippen LogP contribution in [0, 0.1) is 13.8 Å². The third-order valence-electron chi connectivity index (χ3n) is 4.32. The number of benzene rings is 2. The van der Waals surface area contributed by atoms with Gasteiger partial charge in [-0.1, -0.05) is 33.6 Å². The number of hydrazone groups is 1. The molecule has 1 aromatic heterocycles. The number of hydrogen-bond acceptors (Lipinski definition) is 3. The molecule has 1 amide bonds. The molecule has 2 aromatic carbocycles. The van der Waals surface area contributed by atoms with E-state index in [-0.39, 0.29) is 5.91 Å². The molecule has 0 spiro atoms. The molecule has 28 heavy (non-hydrogen) atoms. The number of aryl methyl sites for hydroxylation is 1. The van der Waals surface area contributed by atoms with E-state index in [9.17, 15) is 4.79 Å². The largest absolute Gasteiger partial charge is 0.495 e. The summed E-state index contributed by atoms with van der Waals surface area (Å²) in [5, 5.41) is 4.65. The molecule has 0 aliphatic heterocycles. The van der Waals surface area contributed by atoms with Crippen LogP contribution >= 0.6 is 27.5 Å². The first-order chi connectivity index (χ1) is 13.4. The summed E-state index contributed by atoms with van der Waals surface area (Å²) in [6, 6.07) is 14.8. The normalized spacial score (nSPS) is 11.0. The first kappa shape index (κ1) is 20.2. The molecule has 7 heteroatoms. The van der Waals surface area contributed by atoms with Gasteiger partial charge in [0.15, 0.2) is 0 Å². The SMILES string of the molecule is COc1ccc(-n2c(C)cc(/C=N\NC(=O)c3cccc(Br)c3)c2C)cc1Cl. The topological polar surface area (TPSA) is 55.6 Å². The number of nitrogens with zero attached hydrogens (tertiary/aromatic N) is 2. The van der Waals surface area contributed by atoms with Crippen molar-refractivity contribution in [1.29, 1.82) is 0 Å². The smallest absolute Gasteiger partial charge is 0.271 e. The molecule has 1 heterocycles. The Morgan fingerprint density at radius 1 is 1.21 bits per heavy atom. The van der Waals surface area contributed by atoms with Crippen LogP contribution in [0.1, 0.15) is 27.3 Å². The minimum atomic E-state index is -0.270. The van der Waals surface area contributed by atoms with E-state index in [0.717, 1.165) is 27.1 Å².